The van der Waals surface area contributed by atoms with Crippen molar-refractivity contribution < 1.29 is 23.9 Å². The molecule has 2 heterocycles. The average Bonchev–Trinajstić information content (AvgIpc) is 2.93. The van der Waals surface area contributed by atoms with Crippen LogP contribution < -0.4 is 15.4 Å². The van der Waals surface area contributed by atoms with Gasteiger partial charge in [0, 0.05) is 16.7 Å². The van der Waals surface area contributed by atoms with E-state index in [2.05, 4.69) is 10.6 Å². The molecule has 0 bridgehead atoms. The molecule has 200 valence electrons. The number of anilines is 1. The number of hydrogen-bond donors (Lipinski definition) is 2. The first-order chi connectivity index (χ1) is 18.3. The van der Waals surface area contributed by atoms with Gasteiger partial charge in [-0.3, -0.25) is 14.5 Å². The van der Waals surface area contributed by atoms with Gasteiger partial charge >= 0.3 is 5.97 Å². The summed E-state index contributed by atoms with van der Waals surface area (Å²) >= 11 is 19.4. The van der Waals surface area contributed by atoms with Crippen LogP contribution in [0.25, 0.3) is 0 Å². The molecule has 2 aliphatic rings. The highest BCUT2D eigenvalue weighted by Crippen LogP contribution is 2.41. The lowest BCUT2D eigenvalue weighted by atomic mass is 10.0. The first kappa shape index (κ1) is 28.2. The topological polar surface area (TPSA) is 97.0 Å². The second-order valence-corrected chi connectivity index (χ2v) is 10.5. The van der Waals surface area contributed by atoms with Gasteiger partial charge in [0.15, 0.2) is 0 Å². The van der Waals surface area contributed by atoms with Crippen LogP contribution in [0.1, 0.15) is 5.56 Å². The molecule has 0 aromatic heterocycles. The van der Waals surface area contributed by atoms with E-state index >= 15 is 0 Å². The minimum atomic E-state index is -0.785. The van der Waals surface area contributed by atoms with Crippen molar-refractivity contribution in [2.75, 3.05) is 30.6 Å². The average molecular weight is 597 g/mol. The Bertz CT molecular complexity index is 1290. The Morgan fingerprint density at radius 2 is 1.95 bits per heavy atom. The molecule has 8 nitrogen and oxygen atoms in total. The number of esters is 1. The highest BCUT2D eigenvalue weighted by atomic mass is 35.5. The van der Waals surface area contributed by atoms with E-state index in [9.17, 15) is 14.4 Å². The lowest BCUT2D eigenvalue weighted by Crippen LogP contribution is -2.70. The number of rotatable bonds is 10. The smallest absolute Gasteiger partial charge is 0.355 e. The minimum Gasteiger partial charge on any atom is -0.497 e. The predicted molar refractivity (Wildman–Crippen MR) is 150 cm³/mol. The fourth-order valence-electron chi connectivity index (χ4n) is 3.92. The zero-order valence-electron chi connectivity index (χ0n) is 20.2. The third-order valence-corrected chi connectivity index (χ3v) is 7.86. The maximum absolute atomic E-state index is 13.2. The molecule has 0 unspecified atom stereocenters. The number of halogens is 3. The van der Waals surface area contributed by atoms with E-state index in [0.29, 0.717) is 32.8 Å². The second kappa shape index (κ2) is 12.8. The summed E-state index contributed by atoms with van der Waals surface area (Å²) in [5, 5.41) is 6.10. The summed E-state index contributed by atoms with van der Waals surface area (Å²) < 4.78 is 10.7. The highest BCUT2D eigenvalue weighted by Gasteiger charge is 2.54. The molecule has 1 fully saturated rings. The molecule has 12 heteroatoms. The molecule has 38 heavy (non-hydrogen) atoms. The molecular formula is C26H24Cl3N3O5S. The van der Waals surface area contributed by atoms with Crippen LogP contribution in [0, 0.1) is 0 Å². The normalized spacial score (nSPS) is 18.6. The number of amides is 2. The van der Waals surface area contributed by atoms with Crippen LogP contribution >= 0.6 is 46.6 Å². The summed E-state index contributed by atoms with van der Waals surface area (Å²) in [5.74, 6) is -0.0477. The second-order valence-electron chi connectivity index (χ2n) is 8.29. The van der Waals surface area contributed by atoms with Gasteiger partial charge in [0.25, 0.3) is 5.91 Å². The van der Waals surface area contributed by atoms with Crippen molar-refractivity contribution >= 4 is 70.0 Å². The number of carbonyl (C=O) groups is 3. The van der Waals surface area contributed by atoms with Crippen molar-refractivity contribution in [1.82, 2.24) is 10.2 Å². The Balaban J connectivity index is 1.42. The monoisotopic (exact) mass is 595 g/mol. The standard InChI is InChI=1S/C26H24Cl3N3O5S/c1-36-18-7-4-15(5-8-18)13-37-26(35)23-16(3-2-10-27)14-38-25-22(24(34)32(23)25)31-21(33)12-30-20-11-17(28)6-9-19(20)29/h2-9,11,22,25,30H,10,12-14H2,1H3,(H,31,33)/t22-,25-/m1/s1. The van der Waals surface area contributed by atoms with Gasteiger partial charge in [-0.15, -0.1) is 23.4 Å². The minimum absolute atomic E-state index is 0.0244. The van der Waals surface area contributed by atoms with E-state index in [0.717, 1.165) is 5.56 Å². The molecule has 2 N–H and O–H groups in total. The third-order valence-electron chi connectivity index (χ3n) is 5.81. The Morgan fingerprint density at radius 1 is 1.18 bits per heavy atom. The van der Waals surface area contributed by atoms with Crippen molar-refractivity contribution in [3.8, 4) is 5.75 Å². The van der Waals surface area contributed by atoms with Crippen LogP contribution in [0.3, 0.4) is 0 Å². The number of methoxy groups -OCH3 is 1. The van der Waals surface area contributed by atoms with E-state index in [4.69, 9.17) is 44.3 Å². The quantitative estimate of drug-likeness (QED) is 0.235. The summed E-state index contributed by atoms with van der Waals surface area (Å²) in [6.07, 6.45) is 3.42. The number of allylic oxidation sites excluding steroid dienone is 2. The molecule has 2 atom stereocenters. The third kappa shape index (κ3) is 6.40. The summed E-state index contributed by atoms with van der Waals surface area (Å²) in [6, 6.07) is 11.2. The summed E-state index contributed by atoms with van der Waals surface area (Å²) in [4.78, 5) is 40.2. The Kier molecular flexibility index (Phi) is 9.49. The number of β-lactam (4-membered cyclic amide) rings is 1. The van der Waals surface area contributed by atoms with E-state index < -0.39 is 29.2 Å². The zero-order valence-corrected chi connectivity index (χ0v) is 23.3. The SMILES string of the molecule is COc1ccc(COC(=O)C2=C(C=CCCl)CS[C@@H]3[C@H](NC(=O)CNc4cc(Cl)ccc4Cl)C(=O)N23)cc1. The summed E-state index contributed by atoms with van der Waals surface area (Å²) in [6.45, 7) is -0.0892. The number of benzene rings is 2. The van der Waals surface area contributed by atoms with Crippen LogP contribution in [0.5, 0.6) is 5.75 Å². The molecular weight excluding hydrogens is 573 g/mol. The van der Waals surface area contributed by atoms with E-state index in [-0.39, 0.29) is 24.7 Å². The number of carbonyl (C=O) groups excluding carboxylic acids is 3. The first-order valence-corrected chi connectivity index (χ1v) is 13.8. The Morgan fingerprint density at radius 3 is 2.66 bits per heavy atom. The van der Waals surface area contributed by atoms with Gasteiger partial charge in [0.2, 0.25) is 5.91 Å². The first-order valence-electron chi connectivity index (χ1n) is 11.5. The molecule has 2 aromatic carbocycles. The maximum atomic E-state index is 13.2. The number of hydrogen-bond acceptors (Lipinski definition) is 7. The molecule has 0 aliphatic carbocycles. The zero-order chi connectivity index (χ0) is 27.2. The van der Waals surface area contributed by atoms with Gasteiger partial charge in [0.05, 0.1) is 24.4 Å². The number of alkyl halides is 1. The summed E-state index contributed by atoms with van der Waals surface area (Å²) in [5.41, 5.74) is 2.06. The fourth-order valence-corrected chi connectivity index (χ4v) is 5.68. The Hall–Kier alpha value is -2.85. The molecule has 2 aromatic rings. The van der Waals surface area contributed by atoms with Crippen LogP contribution in [0.15, 0.2) is 65.9 Å². The predicted octanol–water partition coefficient (Wildman–Crippen LogP) is 4.61. The molecule has 2 aliphatic heterocycles. The number of fused-ring (bicyclic) bond motifs is 1. The number of nitrogens with one attached hydrogen (secondary N) is 2. The molecule has 4 rings (SSSR count). The number of nitrogens with zero attached hydrogens (tertiary/aromatic N) is 1. The van der Waals surface area contributed by atoms with Crippen molar-refractivity contribution in [3.63, 3.8) is 0 Å². The largest absolute Gasteiger partial charge is 0.497 e. The van der Waals surface area contributed by atoms with Crippen LogP contribution in [-0.2, 0) is 25.7 Å². The summed E-state index contributed by atoms with van der Waals surface area (Å²) in [7, 11) is 1.57. The van der Waals surface area contributed by atoms with Crippen molar-refractivity contribution in [2.45, 2.75) is 18.0 Å². The number of thioether (sulfide) groups is 1. The molecule has 0 radical (unpaired) electrons. The van der Waals surface area contributed by atoms with Gasteiger partial charge in [-0.1, -0.05) is 47.5 Å². The lowest BCUT2D eigenvalue weighted by Gasteiger charge is -2.49. The van der Waals surface area contributed by atoms with E-state index in [1.54, 1.807) is 61.7 Å². The van der Waals surface area contributed by atoms with Gasteiger partial charge in [-0.05, 0) is 41.5 Å². The van der Waals surface area contributed by atoms with Gasteiger partial charge < -0.3 is 20.1 Å². The van der Waals surface area contributed by atoms with Gasteiger partial charge in [-0.25, -0.2) is 4.79 Å². The highest BCUT2D eigenvalue weighted by molar-refractivity contribution is 8.00. The molecule has 0 spiro atoms. The lowest BCUT2D eigenvalue weighted by molar-refractivity contribution is -0.153. The van der Waals surface area contributed by atoms with Crippen LogP contribution in [0.4, 0.5) is 5.69 Å². The van der Waals surface area contributed by atoms with Gasteiger partial charge in [-0.2, -0.15) is 0 Å². The van der Waals surface area contributed by atoms with Crippen LogP contribution in [-0.4, -0.2) is 59.4 Å². The van der Waals surface area contributed by atoms with Crippen LogP contribution in [0.2, 0.25) is 10.0 Å². The van der Waals surface area contributed by atoms with Crippen molar-refractivity contribution in [2.24, 2.45) is 0 Å². The van der Waals surface area contributed by atoms with Crippen molar-refractivity contribution in [3.05, 3.63) is 81.5 Å². The van der Waals surface area contributed by atoms with Gasteiger partial charge in [0.1, 0.15) is 29.5 Å². The number of ether oxygens (including phenoxy) is 2. The fraction of sp³-hybridized carbons (Fsp3) is 0.269. The maximum Gasteiger partial charge on any atom is 0.355 e. The molecule has 2 amide bonds. The molecule has 0 saturated carbocycles. The molecule has 1 saturated heterocycles. The van der Waals surface area contributed by atoms with E-state index in [1.807, 2.05) is 0 Å². The van der Waals surface area contributed by atoms with E-state index in [1.165, 1.54) is 16.7 Å². The Labute approximate surface area is 239 Å². The van der Waals surface area contributed by atoms with Crippen molar-refractivity contribution in [1.29, 1.82) is 0 Å².